The van der Waals surface area contributed by atoms with Crippen molar-refractivity contribution in [2.45, 2.75) is 20.8 Å². The summed E-state index contributed by atoms with van der Waals surface area (Å²) in [4.78, 5) is 14.5. The third kappa shape index (κ3) is 5.54. The number of hydrogen-bond acceptors (Lipinski definition) is 8. The van der Waals surface area contributed by atoms with Gasteiger partial charge >= 0.3 is 6.01 Å². The van der Waals surface area contributed by atoms with Crippen LogP contribution in [0.1, 0.15) is 20.8 Å². The van der Waals surface area contributed by atoms with Crippen molar-refractivity contribution >= 4 is 11.9 Å². The van der Waals surface area contributed by atoms with Gasteiger partial charge in [-0.3, -0.25) is 5.43 Å². The maximum absolute atomic E-state index is 5.34. The first-order valence-electron chi connectivity index (χ1n) is 6.60. The van der Waals surface area contributed by atoms with E-state index < -0.39 is 0 Å². The zero-order valence-corrected chi connectivity index (χ0v) is 12.9. The first-order chi connectivity index (χ1) is 9.36. The molecular formula is C12H25N7O. The molecule has 1 aromatic heterocycles. The van der Waals surface area contributed by atoms with Crippen molar-refractivity contribution in [2.75, 3.05) is 44.5 Å². The number of anilines is 2. The second kappa shape index (κ2) is 7.20. The first kappa shape index (κ1) is 16.4. The smallest absolute Gasteiger partial charge is 0.323 e. The van der Waals surface area contributed by atoms with E-state index in [1.54, 1.807) is 0 Å². The van der Waals surface area contributed by atoms with Gasteiger partial charge in [-0.1, -0.05) is 13.8 Å². The van der Waals surface area contributed by atoms with Crippen LogP contribution in [0.4, 0.5) is 11.9 Å². The lowest BCUT2D eigenvalue weighted by Gasteiger charge is -2.28. The van der Waals surface area contributed by atoms with Gasteiger partial charge in [0.25, 0.3) is 0 Å². The standard InChI is InChI=1S/C12H25N7O/c1-6-20-11-16-9(15-10(17-11)18-13)14-7-12(2,3)8-19(4)5/h6-8,13H2,1-5H3,(H2,14,15,16,17,18). The third-order valence-corrected chi connectivity index (χ3v) is 2.49. The minimum absolute atomic E-state index is 0.0816. The Labute approximate surface area is 120 Å². The molecule has 0 aliphatic heterocycles. The molecule has 1 aromatic rings. The molecule has 20 heavy (non-hydrogen) atoms. The van der Waals surface area contributed by atoms with E-state index in [4.69, 9.17) is 10.6 Å². The van der Waals surface area contributed by atoms with E-state index in [0.717, 1.165) is 13.1 Å². The summed E-state index contributed by atoms with van der Waals surface area (Å²) in [7, 11) is 4.10. The summed E-state index contributed by atoms with van der Waals surface area (Å²) in [6.07, 6.45) is 0. The fraction of sp³-hybridized carbons (Fsp3) is 0.750. The Kier molecular flexibility index (Phi) is 5.90. The number of rotatable bonds is 8. The topological polar surface area (TPSA) is 101 Å². The van der Waals surface area contributed by atoms with Gasteiger partial charge in [0.1, 0.15) is 0 Å². The Morgan fingerprint density at radius 1 is 1.20 bits per heavy atom. The van der Waals surface area contributed by atoms with E-state index in [1.807, 2.05) is 21.0 Å². The summed E-state index contributed by atoms with van der Waals surface area (Å²) in [5.41, 5.74) is 2.49. The third-order valence-electron chi connectivity index (χ3n) is 2.49. The zero-order chi connectivity index (χ0) is 15.2. The van der Waals surface area contributed by atoms with Gasteiger partial charge in [0.2, 0.25) is 11.9 Å². The maximum atomic E-state index is 5.34. The van der Waals surface area contributed by atoms with Crippen LogP contribution >= 0.6 is 0 Å². The fourth-order valence-corrected chi connectivity index (χ4v) is 1.92. The Bertz CT molecular complexity index is 422. The molecule has 0 saturated carbocycles. The van der Waals surface area contributed by atoms with Crippen LogP contribution in [0.5, 0.6) is 6.01 Å². The van der Waals surface area contributed by atoms with Gasteiger partial charge in [-0.15, -0.1) is 0 Å². The van der Waals surface area contributed by atoms with Crippen LogP contribution in [0.25, 0.3) is 0 Å². The monoisotopic (exact) mass is 283 g/mol. The number of ether oxygens (including phenoxy) is 1. The molecule has 1 heterocycles. The molecule has 114 valence electrons. The molecule has 0 bridgehead atoms. The van der Waals surface area contributed by atoms with Crippen molar-refractivity contribution in [1.29, 1.82) is 0 Å². The fourth-order valence-electron chi connectivity index (χ4n) is 1.92. The summed E-state index contributed by atoms with van der Waals surface area (Å²) < 4.78 is 5.28. The van der Waals surface area contributed by atoms with Crippen LogP contribution in [0.3, 0.4) is 0 Å². The van der Waals surface area contributed by atoms with Crippen molar-refractivity contribution in [1.82, 2.24) is 19.9 Å². The number of nitrogens with one attached hydrogen (secondary N) is 2. The number of nitrogens with two attached hydrogens (primary N) is 1. The highest BCUT2D eigenvalue weighted by molar-refractivity contribution is 5.35. The van der Waals surface area contributed by atoms with Gasteiger partial charge in [0.05, 0.1) is 6.61 Å². The van der Waals surface area contributed by atoms with Gasteiger partial charge in [-0.25, -0.2) is 5.84 Å². The van der Waals surface area contributed by atoms with E-state index >= 15 is 0 Å². The molecule has 0 aliphatic rings. The van der Waals surface area contributed by atoms with E-state index in [2.05, 4.69) is 44.4 Å². The van der Waals surface area contributed by atoms with E-state index in [9.17, 15) is 0 Å². The van der Waals surface area contributed by atoms with Crippen molar-refractivity contribution in [3.63, 3.8) is 0 Å². The van der Waals surface area contributed by atoms with E-state index in [-0.39, 0.29) is 17.4 Å². The second-order valence-corrected chi connectivity index (χ2v) is 5.60. The number of nitrogens with zero attached hydrogens (tertiary/aromatic N) is 4. The van der Waals surface area contributed by atoms with Crippen molar-refractivity contribution in [3.05, 3.63) is 0 Å². The predicted octanol–water partition coefficient (Wildman–Crippen LogP) is 0.556. The lowest BCUT2D eigenvalue weighted by molar-refractivity contribution is 0.253. The van der Waals surface area contributed by atoms with Crippen molar-refractivity contribution < 1.29 is 4.74 Å². The lowest BCUT2D eigenvalue weighted by Crippen LogP contribution is -2.34. The largest absolute Gasteiger partial charge is 0.464 e. The molecule has 0 fully saturated rings. The Hall–Kier alpha value is -1.67. The highest BCUT2D eigenvalue weighted by atomic mass is 16.5. The Balaban J connectivity index is 2.73. The molecule has 0 radical (unpaired) electrons. The molecule has 0 spiro atoms. The summed E-state index contributed by atoms with van der Waals surface area (Å²) in [5.74, 6) is 6.06. The molecule has 8 nitrogen and oxygen atoms in total. The second-order valence-electron chi connectivity index (χ2n) is 5.60. The summed E-state index contributed by atoms with van der Waals surface area (Å²) in [6, 6.07) is 0.253. The van der Waals surface area contributed by atoms with Gasteiger partial charge < -0.3 is 15.0 Å². The summed E-state index contributed by atoms with van der Waals surface area (Å²) in [6.45, 7) is 8.38. The molecule has 0 unspecified atom stereocenters. The highest BCUT2D eigenvalue weighted by Gasteiger charge is 2.19. The number of hydrogen-bond donors (Lipinski definition) is 3. The summed E-state index contributed by atoms with van der Waals surface area (Å²) >= 11 is 0. The average Bonchev–Trinajstić information content (AvgIpc) is 2.35. The van der Waals surface area contributed by atoms with Crippen LogP contribution in [0.15, 0.2) is 0 Å². The van der Waals surface area contributed by atoms with Gasteiger partial charge in [0, 0.05) is 13.1 Å². The normalized spacial score (nSPS) is 11.6. The Morgan fingerprint density at radius 2 is 1.85 bits per heavy atom. The van der Waals surface area contributed by atoms with Gasteiger partial charge in [-0.2, -0.15) is 15.0 Å². The maximum Gasteiger partial charge on any atom is 0.323 e. The molecular weight excluding hydrogens is 258 g/mol. The van der Waals surface area contributed by atoms with Crippen molar-refractivity contribution in [2.24, 2.45) is 11.3 Å². The van der Waals surface area contributed by atoms with Crippen LogP contribution in [-0.4, -0.2) is 53.6 Å². The minimum atomic E-state index is 0.0816. The molecule has 0 atom stereocenters. The van der Waals surface area contributed by atoms with Gasteiger partial charge in [0.15, 0.2) is 0 Å². The number of aromatic nitrogens is 3. The zero-order valence-electron chi connectivity index (χ0n) is 12.9. The first-order valence-corrected chi connectivity index (χ1v) is 6.60. The van der Waals surface area contributed by atoms with E-state index in [1.165, 1.54) is 0 Å². The van der Waals surface area contributed by atoms with Gasteiger partial charge in [-0.05, 0) is 26.4 Å². The average molecular weight is 283 g/mol. The Morgan fingerprint density at radius 3 is 2.40 bits per heavy atom. The molecule has 0 aliphatic carbocycles. The lowest BCUT2D eigenvalue weighted by atomic mass is 9.93. The molecule has 1 rings (SSSR count). The molecule has 0 aromatic carbocycles. The number of hydrazine groups is 1. The summed E-state index contributed by atoms with van der Waals surface area (Å²) in [5, 5.41) is 3.20. The molecule has 8 heteroatoms. The molecule has 0 amide bonds. The molecule has 0 saturated heterocycles. The SMILES string of the molecule is CCOc1nc(NN)nc(NCC(C)(C)CN(C)C)n1. The van der Waals surface area contributed by atoms with Crippen LogP contribution < -0.4 is 21.3 Å². The predicted molar refractivity (Wildman–Crippen MR) is 79.6 cm³/mol. The van der Waals surface area contributed by atoms with Crippen molar-refractivity contribution in [3.8, 4) is 6.01 Å². The minimum Gasteiger partial charge on any atom is -0.464 e. The quantitative estimate of drug-likeness (QED) is 0.470. The van der Waals surface area contributed by atoms with Crippen LogP contribution in [0.2, 0.25) is 0 Å². The van der Waals surface area contributed by atoms with Crippen LogP contribution in [0, 0.1) is 5.41 Å². The van der Waals surface area contributed by atoms with Crippen LogP contribution in [-0.2, 0) is 0 Å². The van der Waals surface area contributed by atoms with E-state index in [0.29, 0.717) is 12.6 Å². The highest BCUT2D eigenvalue weighted by Crippen LogP contribution is 2.17. The number of nitrogen functional groups attached to an aromatic ring is 1. The molecule has 4 N–H and O–H groups in total.